The summed E-state index contributed by atoms with van der Waals surface area (Å²) in [5.74, 6) is -0.275. The average Bonchev–Trinajstić information content (AvgIpc) is 2.44. The molecule has 2 atom stereocenters. The van der Waals surface area contributed by atoms with E-state index in [2.05, 4.69) is 10.6 Å². The number of rotatable bonds is 7. The minimum absolute atomic E-state index is 0.100. The summed E-state index contributed by atoms with van der Waals surface area (Å²) in [5.41, 5.74) is -0.853. The highest BCUT2D eigenvalue weighted by Gasteiger charge is 2.34. The standard InChI is InChI=1S/C15H21F3N2O3/c1-10(20-14(22)19-8-7-11(2)21)9-23-13-6-4-3-5-12(13)15(16,17)18/h3-6,10-11,21H,7-9H2,1-2H3,(H2,19,20,22). The molecule has 0 heterocycles. The first-order valence-corrected chi connectivity index (χ1v) is 7.21. The molecule has 0 bridgehead atoms. The Kier molecular flexibility index (Phi) is 7.15. The van der Waals surface area contributed by atoms with Gasteiger partial charge in [0.1, 0.15) is 12.4 Å². The third-order valence-electron chi connectivity index (χ3n) is 2.91. The van der Waals surface area contributed by atoms with Crippen molar-refractivity contribution in [1.82, 2.24) is 10.6 Å². The molecule has 0 aromatic heterocycles. The summed E-state index contributed by atoms with van der Waals surface area (Å²) in [6.45, 7) is 3.42. The van der Waals surface area contributed by atoms with Crippen LogP contribution in [0.1, 0.15) is 25.8 Å². The van der Waals surface area contributed by atoms with Crippen LogP contribution in [0.3, 0.4) is 0 Å². The Labute approximate surface area is 132 Å². The molecule has 3 N–H and O–H groups in total. The Morgan fingerprint density at radius 2 is 1.96 bits per heavy atom. The summed E-state index contributed by atoms with van der Waals surface area (Å²) in [7, 11) is 0. The van der Waals surface area contributed by atoms with Crippen molar-refractivity contribution in [3.63, 3.8) is 0 Å². The van der Waals surface area contributed by atoms with E-state index in [0.717, 1.165) is 6.07 Å². The highest BCUT2D eigenvalue weighted by Crippen LogP contribution is 2.35. The molecule has 1 aromatic rings. The van der Waals surface area contributed by atoms with Gasteiger partial charge in [-0.05, 0) is 32.4 Å². The number of ether oxygens (including phenoxy) is 1. The minimum atomic E-state index is -4.49. The van der Waals surface area contributed by atoms with Crippen molar-refractivity contribution in [3.05, 3.63) is 29.8 Å². The lowest BCUT2D eigenvalue weighted by molar-refractivity contribution is -0.139. The zero-order valence-corrected chi connectivity index (χ0v) is 13.0. The van der Waals surface area contributed by atoms with Gasteiger partial charge in [0.15, 0.2) is 0 Å². The second-order valence-electron chi connectivity index (χ2n) is 5.24. The SMILES string of the molecule is CC(O)CCNC(=O)NC(C)COc1ccccc1C(F)(F)F. The number of alkyl halides is 3. The second kappa shape index (κ2) is 8.61. The predicted octanol–water partition coefficient (Wildman–Crippen LogP) is 2.54. The molecule has 5 nitrogen and oxygen atoms in total. The van der Waals surface area contributed by atoms with Gasteiger partial charge >= 0.3 is 12.2 Å². The molecule has 1 aromatic carbocycles. The molecule has 1 rings (SSSR count). The van der Waals surface area contributed by atoms with Gasteiger partial charge in [-0.3, -0.25) is 0 Å². The van der Waals surface area contributed by atoms with E-state index in [1.54, 1.807) is 13.8 Å². The maximum atomic E-state index is 12.8. The molecule has 0 radical (unpaired) electrons. The number of aliphatic hydroxyl groups is 1. The summed E-state index contributed by atoms with van der Waals surface area (Å²) in [4.78, 5) is 11.5. The van der Waals surface area contributed by atoms with E-state index in [0.29, 0.717) is 13.0 Å². The number of nitrogens with one attached hydrogen (secondary N) is 2. The van der Waals surface area contributed by atoms with Gasteiger partial charge in [-0.15, -0.1) is 0 Å². The minimum Gasteiger partial charge on any atom is -0.491 e. The fraction of sp³-hybridized carbons (Fsp3) is 0.533. The molecule has 2 amide bonds. The molecule has 23 heavy (non-hydrogen) atoms. The molecule has 2 unspecified atom stereocenters. The van der Waals surface area contributed by atoms with E-state index >= 15 is 0 Å². The number of hydrogen-bond donors (Lipinski definition) is 3. The Morgan fingerprint density at radius 1 is 1.30 bits per heavy atom. The summed E-state index contributed by atoms with van der Waals surface area (Å²) >= 11 is 0. The third kappa shape index (κ3) is 7.23. The molecule has 0 aliphatic rings. The zero-order valence-electron chi connectivity index (χ0n) is 13.0. The number of amides is 2. The van der Waals surface area contributed by atoms with E-state index in [9.17, 15) is 18.0 Å². The first kappa shape index (κ1) is 19.1. The number of carbonyl (C=O) groups excluding carboxylic acids is 1. The summed E-state index contributed by atoms with van der Waals surface area (Å²) < 4.78 is 43.6. The Morgan fingerprint density at radius 3 is 2.57 bits per heavy atom. The number of hydrogen-bond acceptors (Lipinski definition) is 3. The van der Waals surface area contributed by atoms with Gasteiger partial charge in [0.25, 0.3) is 0 Å². The summed E-state index contributed by atoms with van der Waals surface area (Å²) in [5, 5.41) is 14.1. The van der Waals surface area contributed by atoms with E-state index in [4.69, 9.17) is 9.84 Å². The Bertz CT molecular complexity index is 507. The van der Waals surface area contributed by atoms with Crippen LogP contribution in [0.5, 0.6) is 5.75 Å². The monoisotopic (exact) mass is 334 g/mol. The second-order valence-corrected chi connectivity index (χ2v) is 5.24. The number of benzene rings is 1. The van der Waals surface area contributed by atoms with Gasteiger partial charge in [0.05, 0.1) is 17.7 Å². The molecular formula is C15H21F3N2O3. The normalized spacial score (nSPS) is 14.0. The van der Waals surface area contributed by atoms with E-state index in [1.165, 1.54) is 18.2 Å². The molecule has 0 saturated carbocycles. The van der Waals surface area contributed by atoms with Gasteiger partial charge in [-0.2, -0.15) is 13.2 Å². The fourth-order valence-corrected chi connectivity index (χ4v) is 1.75. The van der Waals surface area contributed by atoms with Gasteiger partial charge in [0, 0.05) is 6.54 Å². The van der Waals surface area contributed by atoms with Crippen molar-refractivity contribution in [2.75, 3.05) is 13.2 Å². The molecule has 130 valence electrons. The zero-order chi connectivity index (χ0) is 17.5. The first-order chi connectivity index (χ1) is 10.7. The van der Waals surface area contributed by atoms with Crippen molar-refractivity contribution in [3.8, 4) is 5.75 Å². The van der Waals surface area contributed by atoms with Crippen molar-refractivity contribution in [1.29, 1.82) is 0 Å². The topological polar surface area (TPSA) is 70.6 Å². The molecule has 0 spiro atoms. The Hall–Kier alpha value is -1.96. The van der Waals surface area contributed by atoms with Crippen molar-refractivity contribution < 1.29 is 27.8 Å². The summed E-state index contributed by atoms with van der Waals surface area (Å²) in [6, 6.07) is 3.96. The lowest BCUT2D eigenvalue weighted by atomic mass is 10.2. The quantitative estimate of drug-likeness (QED) is 0.718. The fourth-order valence-electron chi connectivity index (χ4n) is 1.75. The number of urea groups is 1. The van der Waals surface area contributed by atoms with Crippen molar-refractivity contribution >= 4 is 6.03 Å². The van der Waals surface area contributed by atoms with E-state index in [1.807, 2.05) is 0 Å². The van der Waals surface area contributed by atoms with Crippen LogP contribution in [0.15, 0.2) is 24.3 Å². The number of carbonyl (C=O) groups is 1. The first-order valence-electron chi connectivity index (χ1n) is 7.21. The van der Waals surface area contributed by atoms with Crippen LogP contribution in [0.4, 0.5) is 18.0 Å². The molecule has 0 aliphatic carbocycles. The van der Waals surface area contributed by atoms with Crippen LogP contribution in [0.2, 0.25) is 0 Å². The van der Waals surface area contributed by atoms with Crippen LogP contribution in [0, 0.1) is 0 Å². The van der Waals surface area contributed by atoms with Crippen LogP contribution in [0.25, 0.3) is 0 Å². The molecule has 8 heteroatoms. The molecule has 0 aliphatic heterocycles. The maximum absolute atomic E-state index is 12.8. The highest BCUT2D eigenvalue weighted by atomic mass is 19.4. The lowest BCUT2D eigenvalue weighted by Crippen LogP contribution is -2.43. The number of para-hydroxylation sites is 1. The van der Waals surface area contributed by atoms with E-state index in [-0.39, 0.29) is 12.4 Å². The summed E-state index contributed by atoms with van der Waals surface area (Å²) in [6.07, 6.45) is -4.60. The van der Waals surface area contributed by atoms with Gasteiger partial charge in [-0.25, -0.2) is 4.79 Å². The maximum Gasteiger partial charge on any atom is 0.419 e. The Balaban J connectivity index is 2.45. The van der Waals surface area contributed by atoms with Gasteiger partial charge in [-0.1, -0.05) is 12.1 Å². The number of aliphatic hydroxyl groups excluding tert-OH is 1. The third-order valence-corrected chi connectivity index (χ3v) is 2.91. The largest absolute Gasteiger partial charge is 0.491 e. The number of halogens is 3. The predicted molar refractivity (Wildman–Crippen MR) is 79.2 cm³/mol. The van der Waals surface area contributed by atoms with Crippen LogP contribution >= 0.6 is 0 Å². The van der Waals surface area contributed by atoms with Crippen LogP contribution < -0.4 is 15.4 Å². The highest BCUT2D eigenvalue weighted by molar-refractivity contribution is 5.74. The molecule has 0 saturated heterocycles. The lowest BCUT2D eigenvalue weighted by Gasteiger charge is -2.18. The van der Waals surface area contributed by atoms with E-state index < -0.39 is 29.9 Å². The van der Waals surface area contributed by atoms with Crippen molar-refractivity contribution in [2.24, 2.45) is 0 Å². The molecular weight excluding hydrogens is 313 g/mol. The smallest absolute Gasteiger partial charge is 0.419 e. The van der Waals surface area contributed by atoms with Crippen LogP contribution in [-0.4, -0.2) is 36.4 Å². The van der Waals surface area contributed by atoms with Crippen molar-refractivity contribution in [2.45, 2.75) is 38.6 Å². The van der Waals surface area contributed by atoms with Crippen LogP contribution in [-0.2, 0) is 6.18 Å². The molecule has 0 fully saturated rings. The average molecular weight is 334 g/mol. The van der Waals surface area contributed by atoms with Gasteiger partial charge in [0.2, 0.25) is 0 Å². The van der Waals surface area contributed by atoms with Gasteiger partial charge < -0.3 is 20.5 Å².